The molecule has 0 spiro atoms. The van der Waals surface area contributed by atoms with Crippen molar-refractivity contribution in [3.63, 3.8) is 0 Å². The first-order valence-corrected chi connectivity index (χ1v) is 7.95. The lowest BCUT2D eigenvalue weighted by Gasteiger charge is -2.07. The molecule has 2 aromatic carbocycles. The topological polar surface area (TPSA) is 74.0 Å². The normalized spacial score (nSPS) is 10.6. The Balaban J connectivity index is 1.49. The Bertz CT molecular complexity index is 900. The number of aromatic nitrogens is 1. The number of benzene rings is 2. The zero-order chi connectivity index (χ0) is 17.8. The Hall–Kier alpha value is -3.15. The molecule has 1 aromatic heterocycles. The molecule has 0 aliphatic carbocycles. The van der Waals surface area contributed by atoms with Gasteiger partial charge in [-0.25, -0.2) is 4.39 Å². The van der Waals surface area contributed by atoms with E-state index in [0.29, 0.717) is 11.3 Å². The van der Waals surface area contributed by atoms with Crippen molar-refractivity contribution in [1.29, 1.82) is 0 Å². The van der Waals surface area contributed by atoms with Crippen LogP contribution in [-0.2, 0) is 0 Å². The summed E-state index contributed by atoms with van der Waals surface area (Å²) < 4.78 is 13.5. The molecule has 25 heavy (non-hydrogen) atoms. The van der Waals surface area contributed by atoms with Gasteiger partial charge in [-0.1, -0.05) is 24.3 Å². The molecule has 0 atom stereocenters. The SMILES string of the molecule is Cc1ccc(C(=O)NCCNC(=O)c2cc3ccccc3[nH]2)cc1F. The first kappa shape index (κ1) is 16.7. The highest BCUT2D eigenvalue weighted by atomic mass is 19.1. The van der Waals surface area contributed by atoms with Crippen LogP contribution in [0.15, 0.2) is 48.5 Å². The maximum atomic E-state index is 13.5. The molecular weight excluding hydrogens is 321 g/mol. The molecule has 2 amide bonds. The van der Waals surface area contributed by atoms with Gasteiger partial charge in [-0.3, -0.25) is 9.59 Å². The van der Waals surface area contributed by atoms with Crippen LogP contribution in [-0.4, -0.2) is 29.9 Å². The monoisotopic (exact) mass is 339 g/mol. The molecule has 5 nitrogen and oxygen atoms in total. The number of carbonyl (C=O) groups excluding carboxylic acids is 2. The van der Waals surface area contributed by atoms with E-state index in [9.17, 15) is 14.0 Å². The summed E-state index contributed by atoms with van der Waals surface area (Å²) in [7, 11) is 0. The fourth-order valence-electron chi connectivity index (χ4n) is 2.48. The fraction of sp³-hybridized carbons (Fsp3) is 0.158. The van der Waals surface area contributed by atoms with Gasteiger partial charge in [-0.2, -0.15) is 0 Å². The second kappa shape index (κ2) is 7.17. The van der Waals surface area contributed by atoms with Crippen LogP contribution < -0.4 is 10.6 Å². The van der Waals surface area contributed by atoms with Gasteiger partial charge in [0.05, 0.1) is 0 Å². The van der Waals surface area contributed by atoms with E-state index in [-0.39, 0.29) is 30.5 Å². The maximum Gasteiger partial charge on any atom is 0.267 e. The standard InChI is InChI=1S/C19H18FN3O2/c1-12-6-7-14(10-15(12)20)18(24)21-8-9-22-19(25)17-11-13-4-2-3-5-16(13)23-17/h2-7,10-11,23H,8-9H2,1H3,(H,21,24)(H,22,25). The number of rotatable bonds is 5. The van der Waals surface area contributed by atoms with Crippen molar-refractivity contribution in [3.05, 3.63) is 71.2 Å². The molecule has 6 heteroatoms. The van der Waals surface area contributed by atoms with E-state index in [1.54, 1.807) is 25.1 Å². The van der Waals surface area contributed by atoms with Crippen LogP contribution in [0.25, 0.3) is 10.9 Å². The average molecular weight is 339 g/mol. The first-order valence-electron chi connectivity index (χ1n) is 7.95. The number of fused-ring (bicyclic) bond motifs is 1. The van der Waals surface area contributed by atoms with Gasteiger partial charge < -0.3 is 15.6 Å². The van der Waals surface area contributed by atoms with E-state index in [4.69, 9.17) is 0 Å². The van der Waals surface area contributed by atoms with Gasteiger partial charge in [0.15, 0.2) is 0 Å². The van der Waals surface area contributed by atoms with Crippen LogP contribution in [0.5, 0.6) is 0 Å². The number of aromatic amines is 1. The molecule has 0 unspecified atom stereocenters. The number of hydrogen-bond donors (Lipinski definition) is 3. The molecule has 128 valence electrons. The molecule has 0 bridgehead atoms. The summed E-state index contributed by atoms with van der Waals surface area (Å²) in [6.45, 7) is 2.16. The highest BCUT2D eigenvalue weighted by Gasteiger charge is 2.10. The van der Waals surface area contributed by atoms with Gasteiger partial charge >= 0.3 is 0 Å². The lowest BCUT2D eigenvalue weighted by Crippen LogP contribution is -2.34. The number of carbonyl (C=O) groups is 2. The number of para-hydroxylation sites is 1. The molecule has 0 radical (unpaired) electrons. The molecule has 3 N–H and O–H groups in total. The zero-order valence-corrected chi connectivity index (χ0v) is 13.7. The third-order valence-corrected chi connectivity index (χ3v) is 3.90. The summed E-state index contributed by atoms with van der Waals surface area (Å²) >= 11 is 0. The summed E-state index contributed by atoms with van der Waals surface area (Å²) in [6.07, 6.45) is 0. The van der Waals surface area contributed by atoms with Crippen molar-refractivity contribution in [2.75, 3.05) is 13.1 Å². The summed E-state index contributed by atoms with van der Waals surface area (Å²) in [5.74, 6) is -1.04. The minimum absolute atomic E-state index is 0.244. The van der Waals surface area contributed by atoms with Crippen molar-refractivity contribution in [1.82, 2.24) is 15.6 Å². The van der Waals surface area contributed by atoms with Gasteiger partial charge in [-0.15, -0.1) is 0 Å². The van der Waals surface area contributed by atoms with E-state index < -0.39 is 5.82 Å². The second-order valence-electron chi connectivity index (χ2n) is 5.75. The van der Waals surface area contributed by atoms with Crippen molar-refractivity contribution in [2.45, 2.75) is 6.92 Å². The Kier molecular flexibility index (Phi) is 4.79. The largest absolute Gasteiger partial charge is 0.351 e. The molecule has 0 aliphatic heterocycles. The number of hydrogen-bond acceptors (Lipinski definition) is 2. The van der Waals surface area contributed by atoms with Crippen LogP contribution in [0.1, 0.15) is 26.4 Å². The minimum Gasteiger partial charge on any atom is -0.351 e. The van der Waals surface area contributed by atoms with Crippen molar-refractivity contribution in [2.24, 2.45) is 0 Å². The van der Waals surface area contributed by atoms with Crippen LogP contribution in [0.2, 0.25) is 0 Å². The molecule has 0 fully saturated rings. The van der Waals surface area contributed by atoms with E-state index in [1.165, 1.54) is 6.07 Å². The number of nitrogens with one attached hydrogen (secondary N) is 3. The maximum absolute atomic E-state index is 13.5. The summed E-state index contributed by atoms with van der Waals surface area (Å²) in [5, 5.41) is 6.34. The van der Waals surface area contributed by atoms with E-state index in [1.807, 2.05) is 24.3 Å². The number of aryl methyl sites for hydroxylation is 1. The lowest BCUT2D eigenvalue weighted by atomic mass is 10.1. The van der Waals surface area contributed by atoms with Crippen LogP contribution in [0, 0.1) is 12.7 Å². The predicted molar refractivity (Wildman–Crippen MR) is 94.1 cm³/mol. The third kappa shape index (κ3) is 3.85. The Morgan fingerprint density at radius 3 is 2.44 bits per heavy atom. The van der Waals surface area contributed by atoms with E-state index in [2.05, 4.69) is 15.6 Å². The summed E-state index contributed by atoms with van der Waals surface area (Å²) in [4.78, 5) is 27.1. The van der Waals surface area contributed by atoms with Crippen molar-refractivity contribution >= 4 is 22.7 Å². The van der Waals surface area contributed by atoms with E-state index >= 15 is 0 Å². The highest BCUT2D eigenvalue weighted by Crippen LogP contribution is 2.14. The van der Waals surface area contributed by atoms with Gasteiger partial charge in [0.1, 0.15) is 11.5 Å². The summed E-state index contributed by atoms with van der Waals surface area (Å²) in [5.41, 5.74) is 2.10. The molecule has 0 saturated carbocycles. The number of H-pyrrole nitrogens is 1. The van der Waals surface area contributed by atoms with Crippen molar-refractivity contribution < 1.29 is 14.0 Å². The van der Waals surface area contributed by atoms with Crippen LogP contribution in [0.4, 0.5) is 4.39 Å². The molecule has 0 aliphatic rings. The quantitative estimate of drug-likeness (QED) is 0.625. The third-order valence-electron chi connectivity index (χ3n) is 3.90. The lowest BCUT2D eigenvalue weighted by molar-refractivity contribution is 0.0925. The van der Waals surface area contributed by atoms with Gasteiger partial charge in [0.2, 0.25) is 0 Å². The Morgan fingerprint density at radius 1 is 1.00 bits per heavy atom. The number of amides is 2. The highest BCUT2D eigenvalue weighted by molar-refractivity contribution is 5.98. The average Bonchev–Trinajstić information content (AvgIpc) is 3.05. The number of halogens is 1. The smallest absolute Gasteiger partial charge is 0.267 e. The Labute approximate surface area is 144 Å². The molecule has 1 heterocycles. The van der Waals surface area contributed by atoms with Gasteiger partial charge in [-0.05, 0) is 36.8 Å². The second-order valence-corrected chi connectivity index (χ2v) is 5.75. The predicted octanol–water partition coefficient (Wildman–Crippen LogP) is 2.78. The molecule has 3 aromatic rings. The van der Waals surface area contributed by atoms with Crippen LogP contribution in [0.3, 0.4) is 0 Å². The molecular formula is C19H18FN3O2. The molecule has 3 rings (SSSR count). The van der Waals surface area contributed by atoms with Gasteiger partial charge in [0.25, 0.3) is 11.8 Å². The fourth-order valence-corrected chi connectivity index (χ4v) is 2.48. The van der Waals surface area contributed by atoms with E-state index in [0.717, 1.165) is 10.9 Å². The molecule has 0 saturated heterocycles. The first-order chi connectivity index (χ1) is 12.0. The van der Waals surface area contributed by atoms with Crippen LogP contribution >= 0.6 is 0 Å². The minimum atomic E-state index is -0.417. The Morgan fingerprint density at radius 2 is 1.72 bits per heavy atom. The zero-order valence-electron chi connectivity index (χ0n) is 13.7. The summed E-state index contributed by atoms with van der Waals surface area (Å²) in [6, 6.07) is 13.7. The van der Waals surface area contributed by atoms with Gasteiger partial charge in [0, 0.05) is 29.6 Å². The van der Waals surface area contributed by atoms with Crippen molar-refractivity contribution in [3.8, 4) is 0 Å².